The number of aryl methyl sites for hydroxylation is 1. The molecule has 0 spiro atoms. The van der Waals surface area contributed by atoms with E-state index in [4.69, 9.17) is 4.42 Å². The van der Waals surface area contributed by atoms with Crippen LogP contribution in [0, 0.1) is 6.92 Å². The highest BCUT2D eigenvalue weighted by Gasteiger charge is 2.11. The maximum atomic E-state index is 5.19. The zero-order chi connectivity index (χ0) is 13.1. The molecule has 0 saturated heterocycles. The Morgan fingerprint density at radius 1 is 1.39 bits per heavy atom. The van der Waals surface area contributed by atoms with Gasteiger partial charge in [0.25, 0.3) is 0 Å². The van der Waals surface area contributed by atoms with Gasteiger partial charge in [0.2, 0.25) is 0 Å². The third-order valence-corrected chi connectivity index (χ3v) is 2.71. The quantitative estimate of drug-likeness (QED) is 0.808. The summed E-state index contributed by atoms with van der Waals surface area (Å²) in [6.45, 7) is 7.56. The number of rotatable bonds is 5. The zero-order valence-electron chi connectivity index (χ0n) is 11.3. The Hall–Kier alpha value is -1.69. The van der Waals surface area contributed by atoms with E-state index in [1.165, 1.54) is 0 Å². The van der Waals surface area contributed by atoms with E-state index in [-0.39, 0.29) is 0 Å². The van der Waals surface area contributed by atoms with Crippen molar-refractivity contribution in [2.45, 2.75) is 39.9 Å². The Morgan fingerprint density at radius 3 is 2.78 bits per heavy atom. The van der Waals surface area contributed by atoms with E-state index in [0.717, 1.165) is 24.6 Å². The third kappa shape index (κ3) is 2.95. The maximum absolute atomic E-state index is 5.19. The number of oxazole rings is 1. The molecule has 98 valence electrons. The Bertz CT molecular complexity index is 502. The van der Waals surface area contributed by atoms with Crippen LogP contribution >= 0.6 is 0 Å². The number of aromatic nitrogens is 4. The van der Waals surface area contributed by atoms with Gasteiger partial charge in [0, 0.05) is 19.5 Å². The summed E-state index contributed by atoms with van der Waals surface area (Å²) in [5.74, 6) is 1.66. The minimum absolute atomic E-state index is 0.373. The van der Waals surface area contributed by atoms with E-state index in [1.54, 1.807) is 12.6 Å². The Labute approximate surface area is 107 Å². The molecule has 6 heteroatoms. The molecule has 2 rings (SSSR count). The molecule has 0 aliphatic heterocycles. The fourth-order valence-electron chi connectivity index (χ4n) is 1.87. The Kier molecular flexibility index (Phi) is 3.76. The fraction of sp³-hybridized carbons (Fsp3) is 0.583. The first-order valence-electron chi connectivity index (χ1n) is 6.04. The van der Waals surface area contributed by atoms with Crippen LogP contribution in [0.4, 0.5) is 0 Å². The summed E-state index contributed by atoms with van der Waals surface area (Å²) in [7, 11) is 2.03. The number of hydrogen-bond acceptors (Lipinski definition) is 5. The van der Waals surface area contributed by atoms with Crippen molar-refractivity contribution < 1.29 is 4.42 Å². The first kappa shape index (κ1) is 12.8. The molecular formula is C12H19N5O. The summed E-state index contributed by atoms with van der Waals surface area (Å²) >= 11 is 0. The molecule has 2 heterocycles. The van der Waals surface area contributed by atoms with Gasteiger partial charge in [-0.15, -0.1) is 10.2 Å². The summed E-state index contributed by atoms with van der Waals surface area (Å²) in [5, 5.41) is 8.11. The van der Waals surface area contributed by atoms with Crippen molar-refractivity contribution in [2.75, 3.05) is 7.05 Å². The molecule has 0 N–H and O–H groups in total. The van der Waals surface area contributed by atoms with Crippen LogP contribution in [0.1, 0.15) is 37.3 Å². The summed E-state index contributed by atoms with van der Waals surface area (Å²) in [6.07, 6.45) is 3.47. The van der Waals surface area contributed by atoms with Crippen LogP contribution in [-0.4, -0.2) is 31.7 Å². The largest absolute Gasteiger partial charge is 0.449 e. The van der Waals surface area contributed by atoms with Crippen LogP contribution in [0.15, 0.2) is 17.0 Å². The van der Waals surface area contributed by atoms with Gasteiger partial charge in [-0.25, -0.2) is 4.98 Å². The molecule has 2 aromatic rings. The van der Waals surface area contributed by atoms with Crippen molar-refractivity contribution in [3.8, 4) is 0 Å². The second kappa shape index (κ2) is 5.30. The van der Waals surface area contributed by atoms with Crippen molar-refractivity contribution >= 4 is 0 Å². The average molecular weight is 249 g/mol. The SMILES string of the molecule is Cc1nc(CN(C)Cc2nncn2C(C)C)co1. The summed E-state index contributed by atoms with van der Waals surface area (Å²) < 4.78 is 7.27. The third-order valence-electron chi connectivity index (χ3n) is 2.71. The van der Waals surface area contributed by atoms with Gasteiger partial charge in [-0.1, -0.05) is 0 Å². The van der Waals surface area contributed by atoms with Gasteiger partial charge >= 0.3 is 0 Å². The van der Waals surface area contributed by atoms with E-state index in [1.807, 2.05) is 14.0 Å². The van der Waals surface area contributed by atoms with Gasteiger partial charge in [0.15, 0.2) is 5.89 Å². The molecule has 0 unspecified atom stereocenters. The zero-order valence-corrected chi connectivity index (χ0v) is 11.3. The first-order valence-corrected chi connectivity index (χ1v) is 6.04. The maximum Gasteiger partial charge on any atom is 0.191 e. The van der Waals surface area contributed by atoms with E-state index in [9.17, 15) is 0 Å². The molecule has 6 nitrogen and oxygen atoms in total. The van der Waals surface area contributed by atoms with Crippen molar-refractivity contribution in [2.24, 2.45) is 0 Å². The summed E-state index contributed by atoms with van der Waals surface area (Å²) in [6, 6.07) is 0.373. The lowest BCUT2D eigenvalue weighted by Gasteiger charge is -2.16. The van der Waals surface area contributed by atoms with Crippen LogP contribution < -0.4 is 0 Å². The van der Waals surface area contributed by atoms with Crippen LogP contribution in [0.5, 0.6) is 0 Å². The van der Waals surface area contributed by atoms with Gasteiger partial charge in [0.1, 0.15) is 18.4 Å². The molecule has 0 fully saturated rings. The van der Waals surface area contributed by atoms with Crippen LogP contribution in [0.2, 0.25) is 0 Å². The Morgan fingerprint density at radius 2 is 2.17 bits per heavy atom. The standard InChI is InChI=1S/C12H19N5O/c1-9(2)17-8-13-15-12(17)6-16(4)5-11-7-18-10(3)14-11/h7-9H,5-6H2,1-4H3. The monoisotopic (exact) mass is 249 g/mol. The van der Waals surface area contributed by atoms with E-state index in [0.29, 0.717) is 11.9 Å². The van der Waals surface area contributed by atoms with Crippen molar-refractivity contribution in [1.29, 1.82) is 0 Å². The van der Waals surface area contributed by atoms with Gasteiger partial charge < -0.3 is 8.98 Å². The van der Waals surface area contributed by atoms with Crippen molar-refractivity contribution in [3.05, 3.63) is 30.0 Å². The molecule has 18 heavy (non-hydrogen) atoms. The van der Waals surface area contributed by atoms with Gasteiger partial charge in [-0.3, -0.25) is 4.90 Å². The molecule has 0 saturated carbocycles. The Balaban J connectivity index is 1.98. The molecule has 0 aliphatic carbocycles. The van der Waals surface area contributed by atoms with E-state index < -0.39 is 0 Å². The van der Waals surface area contributed by atoms with Crippen molar-refractivity contribution in [1.82, 2.24) is 24.6 Å². The summed E-state index contributed by atoms with van der Waals surface area (Å²) in [5.41, 5.74) is 0.936. The molecule has 0 aromatic carbocycles. The first-order chi connectivity index (χ1) is 8.56. The lowest BCUT2D eigenvalue weighted by atomic mass is 10.3. The van der Waals surface area contributed by atoms with Crippen molar-refractivity contribution in [3.63, 3.8) is 0 Å². The molecular weight excluding hydrogens is 230 g/mol. The molecule has 0 aliphatic rings. The van der Waals surface area contributed by atoms with E-state index >= 15 is 0 Å². The second-order valence-electron chi connectivity index (χ2n) is 4.78. The molecule has 0 radical (unpaired) electrons. The molecule has 0 bridgehead atoms. The predicted molar refractivity (Wildman–Crippen MR) is 66.8 cm³/mol. The molecule has 0 atom stereocenters. The predicted octanol–water partition coefficient (Wildman–Crippen LogP) is 1.79. The van der Waals surface area contributed by atoms with Crippen LogP contribution in [0.25, 0.3) is 0 Å². The van der Waals surface area contributed by atoms with E-state index in [2.05, 4.69) is 38.5 Å². The fourth-order valence-corrected chi connectivity index (χ4v) is 1.87. The topological polar surface area (TPSA) is 60.0 Å². The molecule has 0 amide bonds. The molecule has 2 aromatic heterocycles. The minimum Gasteiger partial charge on any atom is -0.449 e. The average Bonchev–Trinajstić information content (AvgIpc) is 2.87. The summed E-state index contributed by atoms with van der Waals surface area (Å²) in [4.78, 5) is 6.43. The van der Waals surface area contributed by atoms with Gasteiger partial charge in [-0.05, 0) is 20.9 Å². The highest BCUT2D eigenvalue weighted by molar-refractivity contribution is 4.96. The smallest absolute Gasteiger partial charge is 0.191 e. The van der Waals surface area contributed by atoms with Gasteiger partial charge in [-0.2, -0.15) is 0 Å². The lowest BCUT2D eigenvalue weighted by molar-refractivity contribution is 0.298. The van der Waals surface area contributed by atoms with Gasteiger partial charge in [0.05, 0.1) is 12.2 Å². The number of nitrogens with zero attached hydrogens (tertiary/aromatic N) is 5. The minimum atomic E-state index is 0.373. The van der Waals surface area contributed by atoms with Crippen LogP contribution in [0.3, 0.4) is 0 Å². The highest BCUT2D eigenvalue weighted by atomic mass is 16.3. The normalized spacial score (nSPS) is 11.7. The lowest BCUT2D eigenvalue weighted by Crippen LogP contribution is -2.20. The van der Waals surface area contributed by atoms with Crippen LogP contribution in [-0.2, 0) is 13.1 Å². The number of hydrogen-bond donors (Lipinski definition) is 0. The highest BCUT2D eigenvalue weighted by Crippen LogP contribution is 2.10. The second-order valence-corrected chi connectivity index (χ2v) is 4.78.